The molecule has 1 rings (SSSR count). The average molecular weight is 300 g/mol. The zero-order chi connectivity index (χ0) is 13.0. The molecule has 3 nitrogen and oxygen atoms in total. The van der Waals surface area contributed by atoms with Crippen molar-refractivity contribution in [3.05, 3.63) is 28.2 Å². The Labute approximate surface area is 110 Å². The van der Waals surface area contributed by atoms with Crippen LogP contribution >= 0.6 is 15.9 Å². The lowest BCUT2D eigenvalue weighted by atomic mass is 10.0. The normalized spacial score (nSPS) is 12.5. The Hall–Kier alpha value is -1.03. The van der Waals surface area contributed by atoms with Crippen LogP contribution in [0.1, 0.15) is 26.3 Å². The topological polar surface area (TPSA) is 49.3 Å². The zero-order valence-corrected chi connectivity index (χ0v) is 11.9. The summed E-state index contributed by atoms with van der Waals surface area (Å²) in [5.41, 5.74) is 2.02. The van der Waals surface area contributed by atoms with Gasteiger partial charge in [-0.1, -0.05) is 36.7 Å². The lowest BCUT2D eigenvalue weighted by Crippen LogP contribution is -2.34. The highest BCUT2D eigenvalue weighted by molar-refractivity contribution is 9.10. The van der Waals surface area contributed by atoms with Crippen molar-refractivity contribution >= 4 is 27.6 Å². The second kappa shape index (κ2) is 6.05. The molecular formula is C13H18BrNO2. The number of aliphatic carboxylic acids is 1. The Balaban J connectivity index is 2.96. The van der Waals surface area contributed by atoms with Crippen molar-refractivity contribution in [3.63, 3.8) is 0 Å². The first-order valence-electron chi connectivity index (χ1n) is 5.73. The van der Waals surface area contributed by atoms with Gasteiger partial charge >= 0.3 is 5.97 Å². The summed E-state index contributed by atoms with van der Waals surface area (Å²) in [7, 11) is 0. The third-order valence-corrected chi connectivity index (χ3v) is 3.19. The van der Waals surface area contributed by atoms with Crippen molar-refractivity contribution in [2.75, 3.05) is 5.32 Å². The van der Waals surface area contributed by atoms with Gasteiger partial charge in [0.15, 0.2) is 0 Å². The number of carbonyl (C=O) groups is 1. The summed E-state index contributed by atoms with van der Waals surface area (Å²) in [5.74, 6) is -0.772. The van der Waals surface area contributed by atoms with Crippen LogP contribution in [0.25, 0.3) is 0 Å². The predicted octanol–water partition coefficient (Wildman–Crippen LogP) is 3.53. The second-order valence-electron chi connectivity index (χ2n) is 4.36. The molecule has 0 heterocycles. The van der Waals surface area contributed by atoms with Gasteiger partial charge in [0.25, 0.3) is 0 Å². The van der Waals surface area contributed by atoms with Crippen molar-refractivity contribution in [2.24, 2.45) is 5.92 Å². The quantitative estimate of drug-likeness (QED) is 0.874. The standard InChI is InChI=1S/C13H18BrNO2/c1-4-9-7-10(14)5-6-11(9)15-12(8(2)3)13(16)17/h5-8,12,15H,4H2,1-3H3,(H,16,17). The summed E-state index contributed by atoms with van der Waals surface area (Å²) in [6.45, 7) is 5.85. The number of nitrogens with one attached hydrogen (secondary N) is 1. The first-order valence-corrected chi connectivity index (χ1v) is 6.52. The Morgan fingerprint density at radius 3 is 2.59 bits per heavy atom. The van der Waals surface area contributed by atoms with Gasteiger partial charge in [-0.3, -0.25) is 0 Å². The van der Waals surface area contributed by atoms with E-state index in [9.17, 15) is 4.79 Å². The van der Waals surface area contributed by atoms with Crippen molar-refractivity contribution in [2.45, 2.75) is 33.2 Å². The van der Waals surface area contributed by atoms with Gasteiger partial charge in [-0.25, -0.2) is 4.79 Å². The molecule has 0 spiro atoms. The minimum Gasteiger partial charge on any atom is -0.480 e. The van der Waals surface area contributed by atoms with Crippen LogP contribution < -0.4 is 5.32 Å². The number of benzene rings is 1. The van der Waals surface area contributed by atoms with Crippen LogP contribution in [0.5, 0.6) is 0 Å². The molecule has 0 aliphatic carbocycles. The van der Waals surface area contributed by atoms with Crippen molar-refractivity contribution in [1.29, 1.82) is 0 Å². The molecule has 0 aromatic heterocycles. The molecule has 1 aromatic rings. The maximum absolute atomic E-state index is 11.1. The summed E-state index contributed by atoms with van der Waals surface area (Å²) < 4.78 is 1.01. The van der Waals surface area contributed by atoms with Crippen LogP contribution in [0.2, 0.25) is 0 Å². The number of aryl methyl sites for hydroxylation is 1. The van der Waals surface area contributed by atoms with Gasteiger partial charge in [0, 0.05) is 10.2 Å². The SMILES string of the molecule is CCc1cc(Br)ccc1NC(C(=O)O)C(C)C. The molecule has 0 saturated heterocycles. The van der Waals surface area contributed by atoms with E-state index in [1.165, 1.54) is 0 Å². The number of carboxylic acids is 1. The van der Waals surface area contributed by atoms with E-state index < -0.39 is 12.0 Å². The number of rotatable bonds is 5. The van der Waals surface area contributed by atoms with Gasteiger partial charge in [0.2, 0.25) is 0 Å². The number of halogens is 1. The molecule has 94 valence electrons. The van der Waals surface area contributed by atoms with Crippen LogP contribution in [0.3, 0.4) is 0 Å². The van der Waals surface area contributed by atoms with Crippen molar-refractivity contribution < 1.29 is 9.90 Å². The van der Waals surface area contributed by atoms with Crippen LogP contribution in [0, 0.1) is 5.92 Å². The molecule has 0 amide bonds. The maximum Gasteiger partial charge on any atom is 0.326 e. The Morgan fingerprint density at radius 1 is 1.47 bits per heavy atom. The van der Waals surface area contributed by atoms with Crippen molar-refractivity contribution in [1.82, 2.24) is 0 Å². The monoisotopic (exact) mass is 299 g/mol. The van der Waals surface area contributed by atoms with E-state index >= 15 is 0 Å². The van der Waals surface area contributed by atoms with Gasteiger partial charge in [-0.15, -0.1) is 0 Å². The van der Waals surface area contributed by atoms with Crippen molar-refractivity contribution in [3.8, 4) is 0 Å². The molecule has 1 aromatic carbocycles. The minimum absolute atomic E-state index is 0.0425. The van der Waals surface area contributed by atoms with Gasteiger partial charge in [-0.2, -0.15) is 0 Å². The van der Waals surface area contributed by atoms with Gasteiger partial charge in [0.1, 0.15) is 6.04 Å². The first kappa shape index (κ1) is 14.0. The molecule has 2 N–H and O–H groups in total. The molecule has 17 heavy (non-hydrogen) atoms. The lowest BCUT2D eigenvalue weighted by Gasteiger charge is -2.21. The Bertz CT molecular complexity index is 404. The van der Waals surface area contributed by atoms with Gasteiger partial charge in [-0.05, 0) is 36.1 Å². The highest BCUT2D eigenvalue weighted by Crippen LogP contribution is 2.23. The molecular weight excluding hydrogens is 282 g/mol. The summed E-state index contributed by atoms with van der Waals surface area (Å²) in [6.07, 6.45) is 0.867. The van der Waals surface area contributed by atoms with Crippen LogP contribution in [-0.4, -0.2) is 17.1 Å². The summed E-state index contributed by atoms with van der Waals surface area (Å²) in [4.78, 5) is 11.1. The maximum atomic E-state index is 11.1. The lowest BCUT2D eigenvalue weighted by molar-refractivity contribution is -0.138. The second-order valence-corrected chi connectivity index (χ2v) is 5.27. The third-order valence-electron chi connectivity index (χ3n) is 2.69. The van der Waals surface area contributed by atoms with Gasteiger partial charge in [0.05, 0.1) is 0 Å². The van der Waals surface area contributed by atoms with Crippen LogP contribution in [0.15, 0.2) is 22.7 Å². The molecule has 4 heteroatoms. The van der Waals surface area contributed by atoms with Crippen LogP contribution in [-0.2, 0) is 11.2 Å². The summed E-state index contributed by atoms with van der Waals surface area (Å²) in [5, 5.41) is 12.3. The Morgan fingerprint density at radius 2 is 2.12 bits per heavy atom. The minimum atomic E-state index is -0.815. The van der Waals surface area contributed by atoms with E-state index in [-0.39, 0.29) is 5.92 Å². The molecule has 0 fully saturated rings. The fourth-order valence-corrected chi connectivity index (χ4v) is 2.09. The van der Waals surface area contributed by atoms with E-state index in [1.54, 1.807) is 0 Å². The van der Waals surface area contributed by atoms with E-state index in [0.717, 1.165) is 22.1 Å². The highest BCUT2D eigenvalue weighted by atomic mass is 79.9. The fraction of sp³-hybridized carbons (Fsp3) is 0.462. The molecule has 0 radical (unpaired) electrons. The molecule has 0 aliphatic heterocycles. The Kier molecular flexibility index (Phi) is 5.00. The highest BCUT2D eigenvalue weighted by Gasteiger charge is 2.21. The molecule has 0 saturated carbocycles. The zero-order valence-electron chi connectivity index (χ0n) is 10.3. The van der Waals surface area contributed by atoms with E-state index in [4.69, 9.17) is 5.11 Å². The summed E-state index contributed by atoms with van der Waals surface area (Å²) >= 11 is 3.42. The molecule has 0 aliphatic rings. The van der Waals surface area contributed by atoms with Gasteiger partial charge < -0.3 is 10.4 Å². The average Bonchev–Trinajstić information content (AvgIpc) is 2.26. The van der Waals surface area contributed by atoms with E-state index in [0.29, 0.717) is 0 Å². The molecule has 1 atom stereocenters. The summed E-state index contributed by atoms with van der Waals surface area (Å²) in [6, 6.07) is 5.30. The third kappa shape index (κ3) is 3.73. The van der Waals surface area contributed by atoms with E-state index in [2.05, 4.69) is 28.2 Å². The first-order chi connectivity index (χ1) is 7.95. The van der Waals surface area contributed by atoms with Crippen LogP contribution in [0.4, 0.5) is 5.69 Å². The number of anilines is 1. The number of hydrogen-bond donors (Lipinski definition) is 2. The molecule has 1 unspecified atom stereocenters. The molecule has 0 bridgehead atoms. The predicted molar refractivity (Wildman–Crippen MR) is 73.4 cm³/mol. The largest absolute Gasteiger partial charge is 0.480 e. The van der Waals surface area contributed by atoms with E-state index in [1.807, 2.05) is 32.0 Å². The number of carboxylic acid groups (broad SMARTS) is 1. The smallest absolute Gasteiger partial charge is 0.326 e. The fourth-order valence-electron chi connectivity index (χ4n) is 1.68. The number of hydrogen-bond acceptors (Lipinski definition) is 2.